The van der Waals surface area contributed by atoms with Gasteiger partial charge in [-0.25, -0.2) is 4.79 Å². The number of pyridine rings is 4. The zero-order valence-electron chi connectivity index (χ0n) is 43.9. The van der Waals surface area contributed by atoms with E-state index in [0.29, 0.717) is 30.7 Å². The molecular weight excluding hydrogens is 1070 g/mol. The predicted octanol–water partition coefficient (Wildman–Crippen LogP) is -1.15. The number of aromatic nitrogens is 4. The molecule has 1 aliphatic rings. The lowest BCUT2D eigenvalue weighted by molar-refractivity contribution is -0.197. The van der Waals surface area contributed by atoms with Crippen molar-refractivity contribution >= 4 is 53.2 Å². The summed E-state index contributed by atoms with van der Waals surface area (Å²) in [5.74, 6) is -6.49. The van der Waals surface area contributed by atoms with E-state index in [-0.39, 0.29) is 141 Å². The van der Waals surface area contributed by atoms with Crippen molar-refractivity contribution < 1.29 is 73.6 Å². The third kappa shape index (κ3) is 18.2. The maximum absolute atomic E-state index is 14.4. The maximum Gasteiger partial charge on any atom is 0.333 e. The molecule has 8 N–H and O–H groups in total. The van der Waals surface area contributed by atoms with Gasteiger partial charge in [-0.1, -0.05) is 37.1 Å². The van der Waals surface area contributed by atoms with Crippen molar-refractivity contribution in [2.24, 2.45) is 0 Å². The molecule has 1 aliphatic heterocycles. The van der Waals surface area contributed by atoms with Crippen LogP contribution >= 0.6 is 0 Å². The number of hydrogen-bond acceptors (Lipinski definition) is 19. The molecule has 0 aromatic carbocycles. The van der Waals surface area contributed by atoms with E-state index in [0.717, 1.165) is 35.2 Å². The first-order chi connectivity index (χ1) is 38.8. The third-order valence-electron chi connectivity index (χ3n) is 12.4. The molecule has 8 amide bonds. The Kier molecular flexibility index (Phi) is 23.9. The summed E-state index contributed by atoms with van der Waals surface area (Å²) in [5, 5.41) is 52.2. The highest BCUT2D eigenvalue weighted by atomic mass is 16.7. The molecule has 5 heterocycles. The molecule has 436 valence electrons. The van der Waals surface area contributed by atoms with Crippen LogP contribution in [0.3, 0.4) is 0 Å². The molecule has 5 rings (SSSR count). The highest BCUT2D eigenvalue weighted by molar-refractivity contribution is 6.01. The van der Waals surface area contributed by atoms with Crippen LogP contribution in [0.5, 0.6) is 0 Å². The Balaban J connectivity index is 1.24. The van der Waals surface area contributed by atoms with E-state index < -0.39 is 92.7 Å². The Hall–Kier alpha value is -9.61. The Bertz CT molecular complexity index is 3150. The van der Waals surface area contributed by atoms with Crippen LogP contribution in [0.1, 0.15) is 119 Å². The van der Waals surface area contributed by atoms with Gasteiger partial charge in [0.05, 0.1) is 13.2 Å². The van der Waals surface area contributed by atoms with E-state index in [2.05, 4.69) is 21.3 Å². The van der Waals surface area contributed by atoms with Gasteiger partial charge in [-0.15, -0.1) is 24.0 Å². The van der Waals surface area contributed by atoms with Crippen LogP contribution < -0.4 is 43.5 Å². The van der Waals surface area contributed by atoms with Crippen LogP contribution in [-0.4, -0.2) is 173 Å². The minimum atomic E-state index is -1.47. The number of nitrogens with one attached hydrogen (secondary N) is 4. The number of carbonyl (C=O) groups excluding carboxylic acids is 9. The lowest BCUT2D eigenvalue weighted by Gasteiger charge is -2.32. The number of rotatable bonds is 32. The fourth-order valence-electron chi connectivity index (χ4n) is 8.16. The minimum Gasteiger partial charge on any atom is -0.425 e. The van der Waals surface area contributed by atoms with Crippen molar-refractivity contribution in [1.29, 1.82) is 0 Å². The van der Waals surface area contributed by atoms with Gasteiger partial charge in [-0.3, -0.25) is 57.5 Å². The molecule has 1 atom stereocenters. The monoisotopic (exact) mass is 1130 g/mol. The molecular formula is C51H63N11O19. The van der Waals surface area contributed by atoms with Gasteiger partial charge in [0.2, 0.25) is 11.8 Å². The summed E-state index contributed by atoms with van der Waals surface area (Å²) >= 11 is 0. The van der Waals surface area contributed by atoms with Gasteiger partial charge in [0.15, 0.2) is 0 Å². The van der Waals surface area contributed by atoms with Crippen molar-refractivity contribution in [3.63, 3.8) is 0 Å². The van der Waals surface area contributed by atoms with Crippen molar-refractivity contribution in [3.8, 4) is 0 Å². The molecule has 0 radical (unpaired) electrons. The molecule has 1 fully saturated rings. The third-order valence-corrected chi connectivity index (χ3v) is 12.4. The van der Waals surface area contributed by atoms with Gasteiger partial charge in [0, 0.05) is 95.8 Å². The smallest absolute Gasteiger partial charge is 0.333 e. The van der Waals surface area contributed by atoms with Crippen LogP contribution in [0, 0.1) is 0 Å². The molecule has 0 bridgehead atoms. The fourth-order valence-corrected chi connectivity index (χ4v) is 8.16. The lowest BCUT2D eigenvalue weighted by Crippen LogP contribution is -2.52. The molecule has 30 heteroatoms. The highest BCUT2D eigenvalue weighted by Gasteiger charge is 2.34. The van der Waals surface area contributed by atoms with Gasteiger partial charge in [0.1, 0.15) is 28.8 Å². The standard InChI is InChI=1S/C51H63N11O19/c63-39(17-3-1-2-4-22-46(70)81-62-44(68)23-24-45(62)69)52-27-32-80-33-28-55-47(71)34(57(51(75)38-15-8-21-43(67)61(38)79)31-11-26-54-49(73)36-13-6-19-41(65)59(36)77)16-9-29-56(50(74)37-14-7-20-42(66)60(37)78)30-10-25-53-48(72)35-12-5-18-40(64)58(35)76/h5-8,12-15,18-21,34,76-79H,1-4,9-11,16-17,22-33H2,(H,52,63)(H,53,72)(H,54,73)(H,55,71). The Morgan fingerprint density at radius 3 is 1.47 bits per heavy atom. The summed E-state index contributed by atoms with van der Waals surface area (Å²) in [6, 6.07) is 12.2. The zero-order valence-corrected chi connectivity index (χ0v) is 43.9. The van der Waals surface area contributed by atoms with Crippen LogP contribution in [0.15, 0.2) is 92.0 Å². The van der Waals surface area contributed by atoms with E-state index in [1.165, 1.54) is 47.4 Å². The van der Waals surface area contributed by atoms with Crippen LogP contribution in [-0.2, 0) is 33.5 Å². The Labute approximate surface area is 459 Å². The predicted molar refractivity (Wildman–Crippen MR) is 277 cm³/mol. The summed E-state index contributed by atoms with van der Waals surface area (Å²) in [4.78, 5) is 172. The van der Waals surface area contributed by atoms with Crippen molar-refractivity contribution in [1.82, 2.24) is 55.1 Å². The summed E-state index contributed by atoms with van der Waals surface area (Å²) in [7, 11) is 0. The number of nitrogens with zero attached hydrogens (tertiary/aromatic N) is 7. The van der Waals surface area contributed by atoms with Gasteiger partial charge < -0.3 is 61.5 Å². The number of carbonyl (C=O) groups is 9. The number of hydrogen-bond donors (Lipinski definition) is 8. The molecule has 1 saturated heterocycles. The lowest BCUT2D eigenvalue weighted by atomic mass is 10.1. The second-order valence-electron chi connectivity index (χ2n) is 18.1. The minimum absolute atomic E-state index is 0.00934. The second kappa shape index (κ2) is 31.1. The molecule has 4 aromatic rings. The number of ether oxygens (including phenoxy) is 1. The molecule has 4 aromatic heterocycles. The average molecular weight is 1130 g/mol. The van der Waals surface area contributed by atoms with E-state index in [1.807, 2.05) is 0 Å². The first-order valence-electron chi connectivity index (χ1n) is 25.8. The Morgan fingerprint density at radius 2 is 0.938 bits per heavy atom. The Morgan fingerprint density at radius 1 is 0.494 bits per heavy atom. The molecule has 0 aliphatic carbocycles. The van der Waals surface area contributed by atoms with Crippen LogP contribution in [0.4, 0.5) is 0 Å². The van der Waals surface area contributed by atoms with E-state index >= 15 is 0 Å². The molecule has 0 saturated carbocycles. The zero-order chi connectivity index (χ0) is 59.0. The number of imide groups is 1. The number of unbranched alkanes of at least 4 members (excludes halogenated alkanes) is 3. The summed E-state index contributed by atoms with van der Waals surface area (Å²) in [6.07, 6.45) is 1.86. The molecule has 1 unspecified atom stereocenters. The van der Waals surface area contributed by atoms with Crippen LogP contribution in [0.2, 0.25) is 0 Å². The summed E-state index contributed by atoms with van der Waals surface area (Å²) in [6.45, 7) is -1.17. The normalized spacial score (nSPS) is 12.3. The molecule has 81 heavy (non-hydrogen) atoms. The van der Waals surface area contributed by atoms with E-state index in [4.69, 9.17) is 9.57 Å². The average Bonchev–Trinajstić information content (AvgIpc) is 3.78. The number of amides is 8. The maximum atomic E-state index is 14.4. The first kappa shape index (κ1) is 62.2. The highest BCUT2D eigenvalue weighted by Crippen LogP contribution is 2.17. The second-order valence-corrected chi connectivity index (χ2v) is 18.1. The van der Waals surface area contributed by atoms with Gasteiger partial charge in [-0.05, 0) is 62.8 Å². The van der Waals surface area contributed by atoms with Gasteiger partial charge in [0.25, 0.3) is 57.7 Å². The van der Waals surface area contributed by atoms with E-state index in [9.17, 15) is 83.2 Å². The molecule has 0 spiro atoms. The molecule has 30 nitrogen and oxygen atoms in total. The van der Waals surface area contributed by atoms with Crippen LogP contribution in [0.25, 0.3) is 0 Å². The van der Waals surface area contributed by atoms with Crippen molar-refractivity contribution in [2.45, 2.75) is 83.1 Å². The van der Waals surface area contributed by atoms with Crippen molar-refractivity contribution in [2.75, 3.05) is 59.0 Å². The largest absolute Gasteiger partial charge is 0.425 e. The summed E-state index contributed by atoms with van der Waals surface area (Å²) < 4.78 is 6.11. The SMILES string of the molecule is O=C(CCCCCCC(=O)ON1C(=O)CCC1=O)NCCOCCNC(=O)C(CCCN(CCCNC(=O)c1cccc(=O)n1O)C(=O)c1cccc(=O)n1O)N(CCCNC(=O)c1cccc(=O)n1O)C(=O)c1cccc(=O)n1O. The fraction of sp³-hybridized carbons (Fsp3) is 0.431. The van der Waals surface area contributed by atoms with Crippen molar-refractivity contribution in [3.05, 3.63) is 137 Å². The quantitative estimate of drug-likeness (QED) is 0.0163. The van der Waals surface area contributed by atoms with Gasteiger partial charge in [-0.2, -0.15) is 0 Å². The van der Waals surface area contributed by atoms with E-state index in [1.54, 1.807) is 0 Å². The number of hydroxylamine groups is 2. The van der Waals surface area contributed by atoms with Gasteiger partial charge >= 0.3 is 5.97 Å². The topological polar surface area (TPSA) is 399 Å². The summed E-state index contributed by atoms with van der Waals surface area (Å²) in [5.41, 5.74) is -5.46. The first-order valence-corrected chi connectivity index (χ1v) is 25.8.